The lowest BCUT2D eigenvalue weighted by atomic mass is 10.1. The average molecular weight is 446 g/mol. The Morgan fingerprint density at radius 1 is 1.16 bits per heavy atom. The second-order valence-corrected chi connectivity index (χ2v) is 7.70. The summed E-state index contributed by atoms with van der Waals surface area (Å²) in [5.74, 6) is 0.0494. The van der Waals surface area contributed by atoms with Crippen LogP contribution in [0.3, 0.4) is 0 Å². The van der Waals surface area contributed by atoms with Crippen LogP contribution < -0.4 is 15.4 Å². The maximum Gasteiger partial charge on any atom is 0.323 e. The van der Waals surface area contributed by atoms with Crippen LogP contribution in [-0.2, 0) is 7.05 Å². The van der Waals surface area contributed by atoms with Crippen molar-refractivity contribution in [1.29, 1.82) is 0 Å². The molecule has 0 aliphatic heterocycles. The van der Waals surface area contributed by atoms with Crippen LogP contribution in [0.15, 0.2) is 48.7 Å². The second-order valence-electron chi connectivity index (χ2n) is 7.27. The van der Waals surface area contributed by atoms with E-state index in [2.05, 4.69) is 20.6 Å². The molecule has 0 fully saturated rings. The first kappa shape index (κ1) is 22.6. The van der Waals surface area contributed by atoms with Gasteiger partial charge in [-0.1, -0.05) is 11.6 Å². The number of nitrogens with zero attached hydrogens (tertiary/aromatic N) is 3. The van der Waals surface area contributed by atoms with Crippen molar-refractivity contribution in [3.63, 3.8) is 0 Å². The van der Waals surface area contributed by atoms with Gasteiger partial charge in [0.2, 0.25) is 0 Å². The molecule has 3 aromatic rings. The van der Waals surface area contributed by atoms with Crippen molar-refractivity contribution in [2.45, 2.75) is 6.42 Å². The molecule has 0 aliphatic carbocycles. The van der Waals surface area contributed by atoms with E-state index in [-0.39, 0.29) is 5.69 Å². The van der Waals surface area contributed by atoms with E-state index in [1.807, 2.05) is 14.1 Å². The summed E-state index contributed by atoms with van der Waals surface area (Å²) in [5, 5.41) is 10.0. The number of benzene rings is 2. The number of aryl methyl sites for hydroxylation is 1. The third-order valence-corrected chi connectivity index (χ3v) is 4.75. The SMILES string of the molecule is CN(C)CCCOc1ccc(NC(=O)Nc2ccc(Cl)cc2)cc1-c1c(F)cnn1C. The van der Waals surface area contributed by atoms with Crippen molar-refractivity contribution < 1.29 is 13.9 Å². The molecule has 2 N–H and O–H groups in total. The molecule has 0 bridgehead atoms. The van der Waals surface area contributed by atoms with Crippen molar-refractivity contribution >= 4 is 29.0 Å². The quantitative estimate of drug-likeness (QED) is 0.486. The van der Waals surface area contributed by atoms with Gasteiger partial charge in [0, 0.05) is 35.6 Å². The van der Waals surface area contributed by atoms with Crippen molar-refractivity contribution in [3.05, 3.63) is 59.5 Å². The number of halogens is 2. The number of carbonyl (C=O) groups is 1. The Labute approximate surface area is 185 Å². The van der Waals surface area contributed by atoms with Crippen molar-refractivity contribution in [3.8, 4) is 17.0 Å². The highest BCUT2D eigenvalue weighted by Crippen LogP contribution is 2.34. The average Bonchev–Trinajstić information content (AvgIpc) is 3.05. The largest absolute Gasteiger partial charge is 0.493 e. The fourth-order valence-electron chi connectivity index (χ4n) is 3.02. The molecule has 1 heterocycles. The highest BCUT2D eigenvalue weighted by atomic mass is 35.5. The van der Waals surface area contributed by atoms with Gasteiger partial charge < -0.3 is 20.3 Å². The first-order chi connectivity index (χ1) is 14.8. The minimum atomic E-state index is -0.469. The molecule has 2 amide bonds. The highest BCUT2D eigenvalue weighted by Gasteiger charge is 2.17. The Hall–Kier alpha value is -3.10. The van der Waals surface area contributed by atoms with E-state index in [1.54, 1.807) is 49.5 Å². The summed E-state index contributed by atoms with van der Waals surface area (Å²) in [6, 6.07) is 11.4. The molecule has 164 valence electrons. The first-order valence-corrected chi connectivity index (χ1v) is 10.1. The summed E-state index contributed by atoms with van der Waals surface area (Å²) in [6.45, 7) is 1.36. The van der Waals surface area contributed by atoms with E-state index < -0.39 is 11.8 Å². The van der Waals surface area contributed by atoms with Crippen LogP contribution in [0.1, 0.15) is 6.42 Å². The summed E-state index contributed by atoms with van der Waals surface area (Å²) in [6.07, 6.45) is 1.97. The zero-order valence-electron chi connectivity index (χ0n) is 17.7. The molecule has 7 nitrogen and oxygen atoms in total. The van der Waals surface area contributed by atoms with Crippen LogP contribution in [0, 0.1) is 5.82 Å². The monoisotopic (exact) mass is 445 g/mol. The van der Waals surface area contributed by atoms with E-state index in [0.29, 0.717) is 34.3 Å². The summed E-state index contributed by atoms with van der Waals surface area (Å²) in [4.78, 5) is 14.4. The normalized spacial score (nSPS) is 10.9. The van der Waals surface area contributed by atoms with Gasteiger partial charge in [-0.15, -0.1) is 0 Å². The number of amides is 2. The molecule has 3 rings (SSSR count). The van der Waals surface area contributed by atoms with E-state index in [9.17, 15) is 9.18 Å². The molecular weight excluding hydrogens is 421 g/mol. The van der Waals surface area contributed by atoms with Gasteiger partial charge in [-0.3, -0.25) is 4.68 Å². The standard InChI is InChI=1S/C22H25ClFN5O2/c1-28(2)11-4-12-31-20-10-9-17(13-18(20)21-19(24)14-25-29(21)3)27-22(30)26-16-7-5-15(23)6-8-16/h5-10,13-14H,4,11-12H2,1-3H3,(H2,26,27,30). The molecule has 0 saturated carbocycles. The van der Waals surface area contributed by atoms with Crippen LogP contribution in [-0.4, -0.2) is 48.0 Å². The molecule has 0 radical (unpaired) electrons. The fourth-order valence-corrected chi connectivity index (χ4v) is 3.15. The maximum atomic E-state index is 14.4. The summed E-state index contributed by atoms with van der Waals surface area (Å²) >= 11 is 5.87. The number of anilines is 2. The molecular formula is C22H25ClFN5O2. The number of hydrogen-bond acceptors (Lipinski definition) is 4. The van der Waals surface area contributed by atoms with Gasteiger partial charge in [-0.25, -0.2) is 9.18 Å². The molecule has 0 aliphatic rings. The lowest BCUT2D eigenvalue weighted by Crippen LogP contribution is -2.19. The lowest BCUT2D eigenvalue weighted by Gasteiger charge is -2.15. The van der Waals surface area contributed by atoms with Gasteiger partial charge in [0.25, 0.3) is 0 Å². The van der Waals surface area contributed by atoms with Gasteiger partial charge in [-0.05, 0) is 63.0 Å². The van der Waals surface area contributed by atoms with E-state index in [4.69, 9.17) is 16.3 Å². The van der Waals surface area contributed by atoms with Crippen LogP contribution in [0.5, 0.6) is 5.75 Å². The van der Waals surface area contributed by atoms with Crippen molar-refractivity contribution in [2.24, 2.45) is 7.05 Å². The number of nitrogens with one attached hydrogen (secondary N) is 2. The van der Waals surface area contributed by atoms with Gasteiger partial charge in [0.05, 0.1) is 12.8 Å². The second kappa shape index (κ2) is 10.3. The van der Waals surface area contributed by atoms with Crippen molar-refractivity contribution in [1.82, 2.24) is 14.7 Å². The van der Waals surface area contributed by atoms with E-state index in [1.165, 1.54) is 4.68 Å². The molecule has 0 spiro atoms. The topological polar surface area (TPSA) is 71.4 Å². The number of aromatic nitrogens is 2. The molecule has 2 aromatic carbocycles. The van der Waals surface area contributed by atoms with Crippen LogP contribution in [0.25, 0.3) is 11.3 Å². The number of hydrogen-bond donors (Lipinski definition) is 2. The molecule has 0 saturated heterocycles. The Morgan fingerprint density at radius 2 is 1.84 bits per heavy atom. The predicted molar refractivity (Wildman–Crippen MR) is 121 cm³/mol. The van der Waals surface area contributed by atoms with E-state index >= 15 is 0 Å². The minimum Gasteiger partial charge on any atom is -0.493 e. The highest BCUT2D eigenvalue weighted by molar-refractivity contribution is 6.30. The number of carbonyl (C=O) groups excluding carboxylic acids is 1. The number of rotatable bonds is 8. The van der Waals surface area contributed by atoms with E-state index in [0.717, 1.165) is 19.2 Å². The Balaban J connectivity index is 1.79. The molecule has 0 atom stereocenters. The van der Waals surface area contributed by atoms with Crippen LogP contribution in [0.2, 0.25) is 5.02 Å². The van der Waals surface area contributed by atoms with Gasteiger partial charge >= 0.3 is 6.03 Å². The fraction of sp³-hybridized carbons (Fsp3) is 0.273. The van der Waals surface area contributed by atoms with Gasteiger partial charge in [-0.2, -0.15) is 5.10 Å². The summed E-state index contributed by atoms with van der Waals surface area (Å²) in [7, 11) is 5.64. The molecule has 1 aromatic heterocycles. The first-order valence-electron chi connectivity index (χ1n) is 9.76. The Morgan fingerprint density at radius 3 is 2.48 bits per heavy atom. The van der Waals surface area contributed by atoms with Crippen LogP contribution in [0.4, 0.5) is 20.6 Å². The molecule has 0 unspecified atom stereocenters. The molecule has 9 heteroatoms. The Bertz CT molecular complexity index is 1020. The summed E-state index contributed by atoms with van der Waals surface area (Å²) in [5.41, 5.74) is 1.87. The summed E-state index contributed by atoms with van der Waals surface area (Å²) < 4.78 is 21.8. The maximum absolute atomic E-state index is 14.4. The minimum absolute atomic E-state index is 0.282. The zero-order valence-corrected chi connectivity index (χ0v) is 18.4. The lowest BCUT2D eigenvalue weighted by molar-refractivity contribution is 0.262. The smallest absolute Gasteiger partial charge is 0.323 e. The predicted octanol–water partition coefficient (Wildman–Crippen LogP) is 4.85. The third-order valence-electron chi connectivity index (χ3n) is 4.50. The molecule has 31 heavy (non-hydrogen) atoms. The number of urea groups is 1. The zero-order chi connectivity index (χ0) is 22.4. The van der Waals surface area contributed by atoms with Crippen molar-refractivity contribution in [2.75, 3.05) is 37.9 Å². The Kier molecular flexibility index (Phi) is 7.49. The van der Waals surface area contributed by atoms with Gasteiger partial charge in [0.15, 0.2) is 5.82 Å². The van der Waals surface area contributed by atoms with Gasteiger partial charge in [0.1, 0.15) is 11.4 Å². The third kappa shape index (κ3) is 6.19. The number of ether oxygens (including phenoxy) is 1. The van der Waals surface area contributed by atoms with Crippen LogP contribution >= 0.6 is 11.6 Å².